The molecule has 2 unspecified atom stereocenters. The first-order valence-corrected chi connectivity index (χ1v) is 7.99. The molecular formula is C17H26N2O2. The normalized spacial score (nSPS) is 27.0. The van der Waals surface area contributed by atoms with Crippen LogP contribution >= 0.6 is 0 Å². The highest BCUT2D eigenvalue weighted by atomic mass is 16.5. The van der Waals surface area contributed by atoms with Gasteiger partial charge in [-0.05, 0) is 49.6 Å². The maximum absolute atomic E-state index is 5.61. The molecule has 1 heterocycles. The van der Waals surface area contributed by atoms with E-state index >= 15 is 0 Å². The van der Waals surface area contributed by atoms with Gasteiger partial charge in [0, 0.05) is 31.8 Å². The summed E-state index contributed by atoms with van der Waals surface area (Å²) in [5.74, 6) is 0.963. The quantitative estimate of drug-likeness (QED) is 0.923. The molecule has 3 rings (SSSR count). The topological polar surface area (TPSA) is 33.7 Å². The number of rotatable bonds is 3. The minimum Gasteiger partial charge on any atom is -0.497 e. The Morgan fingerprint density at radius 3 is 3.00 bits per heavy atom. The number of benzene rings is 1. The minimum absolute atomic E-state index is 0.401. The molecule has 1 aromatic carbocycles. The highest BCUT2D eigenvalue weighted by Crippen LogP contribution is 2.35. The summed E-state index contributed by atoms with van der Waals surface area (Å²) < 4.78 is 11.0. The van der Waals surface area contributed by atoms with Crippen LogP contribution in [0.1, 0.15) is 30.0 Å². The van der Waals surface area contributed by atoms with Crippen LogP contribution in [0.4, 0.5) is 0 Å². The van der Waals surface area contributed by atoms with Crippen molar-refractivity contribution in [3.8, 4) is 5.75 Å². The molecule has 4 heteroatoms. The minimum atomic E-state index is 0.401. The largest absolute Gasteiger partial charge is 0.497 e. The molecule has 1 aliphatic heterocycles. The molecule has 0 aromatic heterocycles. The average molecular weight is 290 g/mol. The van der Waals surface area contributed by atoms with E-state index in [-0.39, 0.29) is 0 Å². The molecule has 116 valence electrons. The van der Waals surface area contributed by atoms with E-state index in [1.165, 1.54) is 17.5 Å². The van der Waals surface area contributed by atoms with E-state index < -0.39 is 0 Å². The Hall–Kier alpha value is -1.10. The zero-order valence-electron chi connectivity index (χ0n) is 13.1. The summed E-state index contributed by atoms with van der Waals surface area (Å²) in [4.78, 5) is 2.61. The van der Waals surface area contributed by atoms with Gasteiger partial charge in [-0.15, -0.1) is 0 Å². The van der Waals surface area contributed by atoms with E-state index in [1.54, 1.807) is 7.11 Å². The second-order valence-electron chi connectivity index (χ2n) is 5.94. The number of hydrogen-bond acceptors (Lipinski definition) is 4. The SMILES string of the molecule is CNC1c2ccc(OC)cc2CCC1N1CCCOCC1. The molecule has 1 aromatic rings. The van der Waals surface area contributed by atoms with Crippen LogP contribution in [-0.4, -0.2) is 51.4 Å². The van der Waals surface area contributed by atoms with E-state index in [2.05, 4.69) is 35.5 Å². The number of nitrogens with zero attached hydrogens (tertiary/aromatic N) is 1. The van der Waals surface area contributed by atoms with Crippen molar-refractivity contribution in [2.24, 2.45) is 0 Å². The van der Waals surface area contributed by atoms with Gasteiger partial charge < -0.3 is 14.8 Å². The van der Waals surface area contributed by atoms with Crippen LogP contribution in [0.3, 0.4) is 0 Å². The van der Waals surface area contributed by atoms with E-state index in [0.717, 1.165) is 44.9 Å². The molecular weight excluding hydrogens is 264 g/mol. The Labute approximate surface area is 127 Å². The van der Waals surface area contributed by atoms with Crippen molar-refractivity contribution in [1.29, 1.82) is 0 Å². The fraction of sp³-hybridized carbons (Fsp3) is 0.647. The Kier molecular flexibility index (Phi) is 4.78. The summed E-state index contributed by atoms with van der Waals surface area (Å²) in [7, 11) is 3.81. The van der Waals surface area contributed by atoms with Crippen molar-refractivity contribution >= 4 is 0 Å². The van der Waals surface area contributed by atoms with Gasteiger partial charge >= 0.3 is 0 Å². The summed E-state index contributed by atoms with van der Waals surface area (Å²) >= 11 is 0. The van der Waals surface area contributed by atoms with Crippen LogP contribution in [0, 0.1) is 0 Å². The highest BCUT2D eigenvalue weighted by molar-refractivity contribution is 5.40. The summed E-state index contributed by atoms with van der Waals surface area (Å²) in [6.45, 7) is 3.96. The third-order valence-electron chi connectivity index (χ3n) is 4.82. The summed E-state index contributed by atoms with van der Waals surface area (Å²) in [5, 5.41) is 3.54. The van der Waals surface area contributed by atoms with Crippen molar-refractivity contribution in [3.63, 3.8) is 0 Å². The molecule has 1 N–H and O–H groups in total. The highest BCUT2D eigenvalue weighted by Gasteiger charge is 2.33. The maximum Gasteiger partial charge on any atom is 0.119 e. The molecule has 0 bridgehead atoms. The molecule has 21 heavy (non-hydrogen) atoms. The first-order chi connectivity index (χ1) is 10.3. The Morgan fingerprint density at radius 2 is 2.19 bits per heavy atom. The fourth-order valence-corrected chi connectivity index (χ4v) is 3.74. The van der Waals surface area contributed by atoms with E-state index in [0.29, 0.717) is 12.1 Å². The van der Waals surface area contributed by atoms with Crippen LogP contribution in [0.2, 0.25) is 0 Å². The van der Waals surface area contributed by atoms with Crippen LogP contribution in [0.25, 0.3) is 0 Å². The molecule has 1 aliphatic carbocycles. The van der Waals surface area contributed by atoms with E-state index in [1.807, 2.05) is 0 Å². The molecule has 2 aliphatic rings. The number of likely N-dealkylation sites (N-methyl/N-ethyl adjacent to an activating group) is 1. The first kappa shape index (κ1) is 14.8. The van der Waals surface area contributed by atoms with Gasteiger partial charge in [0.25, 0.3) is 0 Å². The predicted molar refractivity (Wildman–Crippen MR) is 83.9 cm³/mol. The van der Waals surface area contributed by atoms with Gasteiger partial charge in [0.15, 0.2) is 0 Å². The van der Waals surface area contributed by atoms with Gasteiger partial charge in [0.1, 0.15) is 5.75 Å². The Morgan fingerprint density at radius 1 is 1.29 bits per heavy atom. The molecule has 0 saturated carbocycles. The molecule has 0 radical (unpaired) electrons. The van der Waals surface area contributed by atoms with Gasteiger partial charge in [0.2, 0.25) is 0 Å². The third kappa shape index (κ3) is 3.07. The summed E-state index contributed by atoms with van der Waals surface area (Å²) in [6, 6.07) is 7.48. The van der Waals surface area contributed by atoms with Crippen LogP contribution in [0.5, 0.6) is 5.75 Å². The lowest BCUT2D eigenvalue weighted by atomic mass is 9.83. The lowest BCUT2D eigenvalue weighted by Gasteiger charge is -2.40. The monoisotopic (exact) mass is 290 g/mol. The fourth-order valence-electron chi connectivity index (χ4n) is 3.74. The number of methoxy groups -OCH3 is 1. The van der Waals surface area contributed by atoms with Crippen molar-refractivity contribution < 1.29 is 9.47 Å². The molecule has 0 amide bonds. The lowest BCUT2D eigenvalue weighted by molar-refractivity contribution is 0.115. The maximum atomic E-state index is 5.61. The number of ether oxygens (including phenoxy) is 2. The number of hydrogen-bond donors (Lipinski definition) is 1. The van der Waals surface area contributed by atoms with Crippen molar-refractivity contribution in [2.45, 2.75) is 31.3 Å². The van der Waals surface area contributed by atoms with E-state index in [9.17, 15) is 0 Å². The predicted octanol–water partition coefficient (Wildman–Crippen LogP) is 1.99. The number of nitrogens with one attached hydrogen (secondary N) is 1. The van der Waals surface area contributed by atoms with Crippen LogP contribution in [-0.2, 0) is 11.2 Å². The molecule has 4 nitrogen and oxygen atoms in total. The summed E-state index contributed by atoms with van der Waals surface area (Å²) in [5.41, 5.74) is 2.86. The smallest absolute Gasteiger partial charge is 0.119 e. The Balaban J connectivity index is 1.83. The van der Waals surface area contributed by atoms with Gasteiger partial charge in [-0.1, -0.05) is 6.07 Å². The van der Waals surface area contributed by atoms with Gasteiger partial charge in [0.05, 0.1) is 13.7 Å². The first-order valence-electron chi connectivity index (χ1n) is 7.99. The van der Waals surface area contributed by atoms with Crippen LogP contribution < -0.4 is 10.1 Å². The average Bonchev–Trinajstić information content (AvgIpc) is 2.82. The summed E-state index contributed by atoms with van der Waals surface area (Å²) in [6.07, 6.45) is 3.47. The molecule has 2 atom stereocenters. The zero-order valence-corrected chi connectivity index (χ0v) is 13.1. The standard InChI is InChI=1S/C17H26N2O2/c1-18-17-15-6-5-14(20-2)12-13(15)4-7-16(17)19-8-3-10-21-11-9-19/h5-6,12,16-18H,3-4,7-11H2,1-2H3. The molecule has 1 saturated heterocycles. The van der Waals surface area contributed by atoms with Crippen molar-refractivity contribution in [3.05, 3.63) is 29.3 Å². The second-order valence-corrected chi connectivity index (χ2v) is 5.94. The zero-order chi connectivity index (χ0) is 14.7. The third-order valence-corrected chi connectivity index (χ3v) is 4.82. The lowest BCUT2D eigenvalue weighted by Crippen LogP contribution is -2.47. The Bertz CT molecular complexity index is 470. The van der Waals surface area contributed by atoms with Gasteiger partial charge in [-0.3, -0.25) is 4.90 Å². The van der Waals surface area contributed by atoms with Crippen LogP contribution in [0.15, 0.2) is 18.2 Å². The van der Waals surface area contributed by atoms with Crippen molar-refractivity contribution in [2.75, 3.05) is 40.5 Å². The molecule has 1 fully saturated rings. The number of aryl methyl sites for hydroxylation is 1. The van der Waals surface area contributed by atoms with Gasteiger partial charge in [-0.2, -0.15) is 0 Å². The number of fused-ring (bicyclic) bond motifs is 1. The van der Waals surface area contributed by atoms with E-state index in [4.69, 9.17) is 9.47 Å². The van der Waals surface area contributed by atoms with Gasteiger partial charge in [-0.25, -0.2) is 0 Å². The van der Waals surface area contributed by atoms with Crippen molar-refractivity contribution in [1.82, 2.24) is 10.2 Å². The second kappa shape index (κ2) is 6.77. The molecule has 0 spiro atoms.